The summed E-state index contributed by atoms with van der Waals surface area (Å²) in [5, 5.41) is 13.7. The van der Waals surface area contributed by atoms with Gasteiger partial charge in [-0.05, 0) is 19.8 Å². The van der Waals surface area contributed by atoms with Crippen LogP contribution in [0.5, 0.6) is 0 Å². The summed E-state index contributed by atoms with van der Waals surface area (Å²) in [6, 6.07) is 0. The minimum Gasteiger partial charge on any atom is -0.480 e. The zero-order valence-corrected chi connectivity index (χ0v) is 10.9. The van der Waals surface area contributed by atoms with Gasteiger partial charge in [0.15, 0.2) is 5.16 Å². The minimum atomic E-state index is -1.12. The molecule has 7 heteroatoms. The second-order valence-electron chi connectivity index (χ2n) is 4.19. The summed E-state index contributed by atoms with van der Waals surface area (Å²) < 4.78 is 1.72. The average Bonchev–Trinajstić information content (AvgIpc) is 2.63. The number of carboxylic acids is 1. The average molecular weight is 258 g/mol. The molecule has 17 heavy (non-hydrogen) atoms. The van der Waals surface area contributed by atoms with Gasteiger partial charge in [0.2, 0.25) is 0 Å². The molecule has 0 amide bonds. The van der Waals surface area contributed by atoms with Crippen LogP contribution in [0.25, 0.3) is 0 Å². The number of carboxylic acid groups (broad SMARTS) is 1. The zero-order chi connectivity index (χ0) is 12.9. The highest BCUT2D eigenvalue weighted by atomic mass is 32.2. The third kappa shape index (κ3) is 4.35. The van der Waals surface area contributed by atoms with Crippen molar-refractivity contribution >= 4 is 17.7 Å². The molecule has 1 unspecified atom stereocenters. The van der Waals surface area contributed by atoms with E-state index in [0.29, 0.717) is 6.42 Å². The lowest BCUT2D eigenvalue weighted by Crippen LogP contribution is -2.44. The fourth-order valence-electron chi connectivity index (χ4n) is 1.28. The van der Waals surface area contributed by atoms with Gasteiger partial charge < -0.3 is 10.8 Å². The lowest BCUT2D eigenvalue weighted by molar-refractivity contribution is -0.142. The topological polar surface area (TPSA) is 94.0 Å². The van der Waals surface area contributed by atoms with Crippen LogP contribution in [-0.2, 0) is 11.8 Å². The molecule has 0 spiro atoms. The predicted octanol–water partition coefficient (Wildman–Crippen LogP) is 0.879. The molecule has 1 atom stereocenters. The van der Waals surface area contributed by atoms with Crippen LogP contribution in [0.2, 0.25) is 0 Å². The van der Waals surface area contributed by atoms with Crippen LogP contribution in [-0.4, -0.2) is 37.1 Å². The highest BCUT2D eigenvalue weighted by Crippen LogP contribution is 2.17. The largest absolute Gasteiger partial charge is 0.480 e. The lowest BCUT2D eigenvalue weighted by atomic mass is 9.97. The van der Waals surface area contributed by atoms with Gasteiger partial charge in [0, 0.05) is 12.8 Å². The summed E-state index contributed by atoms with van der Waals surface area (Å²) in [7, 11) is 1.84. The van der Waals surface area contributed by atoms with E-state index in [1.54, 1.807) is 23.4 Å². The van der Waals surface area contributed by atoms with E-state index < -0.39 is 11.5 Å². The third-order valence-corrected chi connectivity index (χ3v) is 3.60. The maximum absolute atomic E-state index is 10.8. The molecule has 0 saturated heterocycles. The molecule has 0 aliphatic carbocycles. The van der Waals surface area contributed by atoms with E-state index >= 15 is 0 Å². The van der Waals surface area contributed by atoms with E-state index in [0.717, 1.165) is 23.8 Å². The van der Waals surface area contributed by atoms with Crippen LogP contribution in [0.3, 0.4) is 0 Å². The number of carbonyl (C=O) groups is 1. The summed E-state index contributed by atoms with van der Waals surface area (Å²) in [6.07, 6.45) is 3.72. The van der Waals surface area contributed by atoms with Crippen molar-refractivity contribution in [3.63, 3.8) is 0 Å². The Kier molecular flexibility index (Phi) is 4.95. The minimum absolute atomic E-state index is 0.488. The zero-order valence-electron chi connectivity index (χ0n) is 10.1. The first-order valence-corrected chi connectivity index (χ1v) is 6.41. The molecule has 0 fully saturated rings. The normalized spacial score (nSPS) is 14.5. The van der Waals surface area contributed by atoms with Gasteiger partial charge in [0.05, 0.1) is 0 Å². The summed E-state index contributed by atoms with van der Waals surface area (Å²) in [5.41, 5.74) is 4.51. The van der Waals surface area contributed by atoms with E-state index in [1.165, 1.54) is 6.33 Å². The quantitative estimate of drug-likeness (QED) is 0.557. The number of nitrogens with zero attached hydrogens (tertiary/aromatic N) is 3. The number of rotatable bonds is 7. The Hall–Kier alpha value is -1.08. The molecule has 1 heterocycles. The Morgan fingerprint density at radius 2 is 2.35 bits per heavy atom. The second-order valence-corrected chi connectivity index (χ2v) is 5.26. The molecule has 6 nitrogen and oxygen atoms in total. The van der Waals surface area contributed by atoms with Crippen molar-refractivity contribution in [3.8, 4) is 0 Å². The van der Waals surface area contributed by atoms with Gasteiger partial charge in [-0.2, -0.15) is 5.10 Å². The molecule has 0 radical (unpaired) electrons. The standard InChI is InChI=1S/C10H18N4O2S/c1-10(11,8(15)16)5-3-4-6-17-9-12-7-13-14(9)2/h7H,3-6,11H2,1-2H3,(H,15,16). The van der Waals surface area contributed by atoms with E-state index in [9.17, 15) is 4.79 Å². The molecule has 1 aromatic heterocycles. The van der Waals surface area contributed by atoms with Crippen molar-refractivity contribution in [2.75, 3.05) is 5.75 Å². The van der Waals surface area contributed by atoms with Crippen molar-refractivity contribution in [2.45, 2.75) is 36.9 Å². The number of hydrogen-bond donors (Lipinski definition) is 2. The first kappa shape index (κ1) is 14.0. The molecule has 96 valence electrons. The third-order valence-electron chi connectivity index (χ3n) is 2.48. The lowest BCUT2D eigenvalue weighted by Gasteiger charge is -2.18. The van der Waals surface area contributed by atoms with E-state index in [-0.39, 0.29) is 0 Å². The first-order valence-electron chi connectivity index (χ1n) is 5.42. The van der Waals surface area contributed by atoms with Crippen LogP contribution in [0.4, 0.5) is 0 Å². The Balaban J connectivity index is 2.17. The molecule has 1 aromatic rings. The summed E-state index contributed by atoms with van der Waals surface area (Å²) in [6.45, 7) is 1.55. The van der Waals surface area contributed by atoms with Gasteiger partial charge in [0.25, 0.3) is 0 Å². The Labute approximate surface area is 105 Å². The highest BCUT2D eigenvalue weighted by Gasteiger charge is 2.26. The van der Waals surface area contributed by atoms with Crippen molar-refractivity contribution in [1.29, 1.82) is 0 Å². The van der Waals surface area contributed by atoms with Crippen LogP contribution in [0.15, 0.2) is 11.5 Å². The van der Waals surface area contributed by atoms with E-state index in [2.05, 4.69) is 10.1 Å². The molecule has 0 saturated carbocycles. The number of aryl methyl sites for hydroxylation is 1. The van der Waals surface area contributed by atoms with Crippen molar-refractivity contribution in [2.24, 2.45) is 12.8 Å². The van der Waals surface area contributed by atoms with Gasteiger partial charge in [0.1, 0.15) is 11.9 Å². The SMILES string of the molecule is Cn1ncnc1SCCCCC(C)(N)C(=O)O. The molecular formula is C10H18N4O2S. The second kappa shape index (κ2) is 6.02. The van der Waals surface area contributed by atoms with Crippen molar-refractivity contribution in [1.82, 2.24) is 14.8 Å². The molecular weight excluding hydrogens is 240 g/mol. The molecule has 0 aliphatic rings. The van der Waals surface area contributed by atoms with E-state index in [1.807, 2.05) is 7.05 Å². The number of aliphatic carboxylic acids is 1. The first-order chi connectivity index (χ1) is 7.93. The molecule has 0 aromatic carbocycles. The van der Waals surface area contributed by atoms with Gasteiger partial charge in [-0.1, -0.05) is 18.2 Å². The van der Waals surface area contributed by atoms with Gasteiger partial charge in [-0.15, -0.1) is 0 Å². The summed E-state index contributed by atoms with van der Waals surface area (Å²) in [5.74, 6) is -0.0548. The van der Waals surface area contributed by atoms with Gasteiger partial charge in [-0.25, -0.2) is 9.67 Å². The van der Waals surface area contributed by atoms with Gasteiger partial charge >= 0.3 is 5.97 Å². The number of hydrogen-bond acceptors (Lipinski definition) is 5. The van der Waals surface area contributed by atoms with Crippen LogP contribution >= 0.6 is 11.8 Å². The molecule has 0 aliphatic heterocycles. The molecule has 1 rings (SSSR count). The summed E-state index contributed by atoms with van der Waals surface area (Å²) >= 11 is 1.61. The van der Waals surface area contributed by atoms with Crippen LogP contribution in [0.1, 0.15) is 26.2 Å². The maximum atomic E-state index is 10.8. The monoisotopic (exact) mass is 258 g/mol. The molecule has 0 bridgehead atoms. The highest BCUT2D eigenvalue weighted by molar-refractivity contribution is 7.99. The number of unbranched alkanes of at least 4 members (excludes halogenated alkanes) is 1. The fourth-order valence-corrected chi connectivity index (χ4v) is 2.17. The predicted molar refractivity (Wildman–Crippen MR) is 65.8 cm³/mol. The van der Waals surface area contributed by atoms with Gasteiger partial charge in [-0.3, -0.25) is 4.79 Å². The Bertz CT molecular complexity index is 378. The van der Waals surface area contributed by atoms with Crippen molar-refractivity contribution in [3.05, 3.63) is 6.33 Å². The summed E-state index contributed by atoms with van der Waals surface area (Å²) in [4.78, 5) is 14.9. The number of nitrogens with two attached hydrogens (primary N) is 1. The number of thioether (sulfide) groups is 1. The smallest absolute Gasteiger partial charge is 0.323 e. The Morgan fingerprint density at radius 3 is 2.88 bits per heavy atom. The Morgan fingerprint density at radius 1 is 1.65 bits per heavy atom. The van der Waals surface area contributed by atoms with Crippen molar-refractivity contribution < 1.29 is 9.90 Å². The van der Waals surface area contributed by atoms with Crippen LogP contribution in [0, 0.1) is 0 Å². The fraction of sp³-hybridized carbons (Fsp3) is 0.700. The van der Waals surface area contributed by atoms with E-state index in [4.69, 9.17) is 10.8 Å². The molecule has 3 N–H and O–H groups in total. The van der Waals surface area contributed by atoms with Crippen LogP contribution < -0.4 is 5.73 Å². The number of aromatic nitrogens is 3. The maximum Gasteiger partial charge on any atom is 0.323 e.